The van der Waals surface area contributed by atoms with Crippen LogP contribution in [0.1, 0.15) is 73.6 Å². The van der Waals surface area contributed by atoms with Crippen LogP contribution >= 0.6 is 0 Å². The summed E-state index contributed by atoms with van der Waals surface area (Å²) in [5.74, 6) is -5.05. The summed E-state index contributed by atoms with van der Waals surface area (Å²) >= 11 is 0. The van der Waals surface area contributed by atoms with E-state index >= 15 is 0 Å². The summed E-state index contributed by atoms with van der Waals surface area (Å²) in [6, 6.07) is -4.90. The number of hydrogen-bond acceptors (Lipinski definition) is 7. The van der Waals surface area contributed by atoms with Crippen molar-refractivity contribution in [3.05, 3.63) is 0 Å². The maximum absolute atomic E-state index is 13.0. The van der Waals surface area contributed by atoms with Crippen LogP contribution in [0.15, 0.2) is 0 Å². The first-order valence-electron chi connectivity index (χ1n) is 11.8. The Morgan fingerprint density at radius 3 is 1.92 bits per heavy atom. The van der Waals surface area contributed by atoms with E-state index in [1.54, 1.807) is 46.9 Å². The lowest BCUT2D eigenvalue weighted by molar-refractivity contribution is -0.160. The molecule has 1 fully saturated rings. The molecular weight excluding hydrogens is 519 g/mol. The molecule has 0 radical (unpaired) electrons. The van der Waals surface area contributed by atoms with Crippen molar-refractivity contribution in [3.63, 3.8) is 0 Å². The predicted octanol–water partition coefficient (Wildman–Crippen LogP) is 2.03. The minimum Gasteiger partial charge on any atom is -0.481 e. The van der Waals surface area contributed by atoms with Gasteiger partial charge in [0.1, 0.15) is 23.7 Å². The van der Waals surface area contributed by atoms with Crippen molar-refractivity contribution in [2.45, 2.75) is 109 Å². The van der Waals surface area contributed by atoms with Crippen molar-refractivity contribution < 1.29 is 57.2 Å². The Morgan fingerprint density at radius 1 is 0.974 bits per heavy atom. The van der Waals surface area contributed by atoms with Crippen molar-refractivity contribution in [2.24, 2.45) is 0 Å². The number of likely N-dealkylation sites (tertiary alicyclic amines) is 1. The van der Waals surface area contributed by atoms with E-state index in [-0.39, 0.29) is 19.4 Å². The topological polar surface area (TPSA) is 183 Å². The van der Waals surface area contributed by atoms with E-state index in [2.05, 4.69) is 5.32 Å². The number of rotatable bonds is 9. The first-order chi connectivity index (χ1) is 17.0. The van der Waals surface area contributed by atoms with E-state index in [1.807, 2.05) is 0 Å². The zero-order chi connectivity index (χ0) is 30.1. The van der Waals surface area contributed by atoms with Crippen LogP contribution in [0.25, 0.3) is 0 Å². The fraction of sp³-hybridized carbons (Fsp3) is 0.783. The van der Waals surface area contributed by atoms with E-state index in [4.69, 9.17) is 20.1 Å². The van der Waals surface area contributed by atoms with Crippen LogP contribution in [0, 0.1) is 0 Å². The normalized spacial score (nSPS) is 17.4. The number of hydrogen-bond donors (Lipinski definition) is 5. The summed E-state index contributed by atoms with van der Waals surface area (Å²) in [5, 5.41) is 30.5. The third-order valence-corrected chi connectivity index (χ3v) is 4.52. The molecule has 0 bridgehead atoms. The highest BCUT2D eigenvalue weighted by atomic mass is 19.4. The van der Waals surface area contributed by atoms with Gasteiger partial charge in [0, 0.05) is 13.0 Å². The Morgan fingerprint density at radius 2 is 1.50 bits per heavy atom. The van der Waals surface area contributed by atoms with Gasteiger partial charge >= 0.3 is 24.2 Å². The average molecular weight is 558 g/mol. The number of aliphatic hydroxyl groups is 1. The number of carbonyl (C=O) groups is 5. The minimum atomic E-state index is -4.85. The molecule has 1 saturated heterocycles. The Labute approximate surface area is 218 Å². The minimum absolute atomic E-state index is 0.00744. The van der Waals surface area contributed by atoms with Gasteiger partial charge in [0.25, 0.3) is 0 Å². The van der Waals surface area contributed by atoms with Crippen LogP contribution in [-0.4, -0.2) is 92.1 Å². The number of nitrogens with one attached hydrogen (secondary N) is 2. The molecule has 1 heterocycles. The average Bonchev–Trinajstić information content (AvgIpc) is 3.16. The largest absolute Gasteiger partial charge is 0.481 e. The van der Waals surface area contributed by atoms with Gasteiger partial charge in [0.15, 0.2) is 0 Å². The van der Waals surface area contributed by atoms with Crippen molar-refractivity contribution in [3.8, 4) is 0 Å². The Bertz CT molecular complexity index is 846. The molecule has 0 aromatic heterocycles. The smallest absolute Gasteiger partial charge is 0.408 e. The van der Waals surface area contributed by atoms with Gasteiger partial charge in [0.2, 0.25) is 11.8 Å². The first-order valence-corrected chi connectivity index (χ1v) is 11.8. The fourth-order valence-electron chi connectivity index (χ4n) is 3.18. The van der Waals surface area contributed by atoms with E-state index in [9.17, 15) is 37.1 Å². The summed E-state index contributed by atoms with van der Waals surface area (Å²) < 4.78 is 42.9. The van der Waals surface area contributed by atoms with Gasteiger partial charge in [-0.1, -0.05) is 0 Å². The molecule has 38 heavy (non-hydrogen) atoms. The second-order valence-corrected chi connectivity index (χ2v) is 10.7. The van der Waals surface area contributed by atoms with Crippen molar-refractivity contribution >= 4 is 29.8 Å². The molecule has 3 amide bonds. The molecule has 220 valence electrons. The molecule has 1 aliphatic rings. The molecule has 1 aliphatic heterocycles. The summed E-state index contributed by atoms with van der Waals surface area (Å²) in [6.07, 6.45) is -8.13. The highest BCUT2D eigenvalue weighted by molar-refractivity contribution is 5.93. The monoisotopic (exact) mass is 557 g/mol. The standard InChI is InChI=1S/C19H28F3N3O8.C4H10O/c1-18(2,3)33-17(32)24-10(6-7-13(26)27)15(29)25-8-4-5-12(25)14(28)23-11(16(30)31)9-19(20,21)22;1-4(2,3)5/h10-12H,4-9H2,1-3H3,(H,23,28)(H,24,32)(H,26,27)(H,30,31);5H,1-3H3/t10-,11?,12?;/m0./s1. The molecule has 0 aliphatic carbocycles. The lowest BCUT2D eigenvalue weighted by Gasteiger charge is -2.30. The number of carboxylic acids is 2. The summed E-state index contributed by atoms with van der Waals surface area (Å²) in [4.78, 5) is 60.7. The van der Waals surface area contributed by atoms with Gasteiger partial charge in [-0.25, -0.2) is 9.59 Å². The first kappa shape index (κ1) is 34.9. The lowest BCUT2D eigenvalue weighted by Crippen LogP contribution is -2.56. The number of amides is 3. The van der Waals surface area contributed by atoms with E-state index in [0.717, 1.165) is 4.90 Å². The Kier molecular flexibility index (Phi) is 13.0. The molecule has 0 spiro atoms. The molecule has 1 rings (SSSR count). The summed E-state index contributed by atoms with van der Waals surface area (Å²) in [5.41, 5.74) is -1.41. The van der Waals surface area contributed by atoms with Crippen molar-refractivity contribution in [1.29, 1.82) is 0 Å². The SMILES string of the molecule is CC(C)(C)O.CC(C)(C)OC(=O)N[C@@H](CCC(=O)O)C(=O)N1CCCC1C(=O)NC(CC(F)(F)F)C(=O)O. The number of carboxylic acid groups (broad SMARTS) is 2. The number of nitrogens with zero attached hydrogens (tertiary/aromatic N) is 1. The van der Waals surface area contributed by atoms with Crippen LogP contribution in [0.5, 0.6) is 0 Å². The van der Waals surface area contributed by atoms with E-state index in [0.29, 0.717) is 6.42 Å². The van der Waals surface area contributed by atoms with Gasteiger partial charge in [-0.15, -0.1) is 0 Å². The summed E-state index contributed by atoms with van der Waals surface area (Å²) in [6.45, 7) is 9.95. The van der Waals surface area contributed by atoms with Crippen LogP contribution in [0.2, 0.25) is 0 Å². The molecule has 5 N–H and O–H groups in total. The lowest BCUT2D eigenvalue weighted by atomic mass is 10.1. The molecule has 0 aromatic carbocycles. The Hall–Kier alpha value is -3.10. The molecule has 12 nitrogen and oxygen atoms in total. The zero-order valence-corrected chi connectivity index (χ0v) is 22.3. The molecule has 2 unspecified atom stereocenters. The van der Waals surface area contributed by atoms with Gasteiger partial charge < -0.3 is 35.6 Å². The number of halogens is 3. The number of ether oxygens (including phenoxy) is 1. The van der Waals surface area contributed by atoms with Gasteiger partial charge in [-0.2, -0.15) is 13.2 Å². The van der Waals surface area contributed by atoms with E-state index in [1.165, 1.54) is 0 Å². The van der Waals surface area contributed by atoms with Crippen LogP contribution in [0.4, 0.5) is 18.0 Å². The van der Waals surface area contributed by atoms with E-state index < -0.39 is 78.2 Å². The molecular formula is C23H38F3N3O9. The molecule has 3 atom stereocenters. The molecule has 0 saturated carbocycles. The number of alkyl carbamates (subject to hydrolysis) is 1. The third-order valence-electron chi connectivity index (χ3n) is 4.52. The maximum Gasteiger partial charge on any atom is 0.408 e. The third kappa shape index (κ3) is 15.9. The van der Waals surface area contributed by atoms with Crippen molar-refractivity contribution in [1.82, 2.24) is 15.5 Å². The molecule has 15 heteroatoms. The predicted molar refractivity (Wildman–Crippen MR) is 127 cm³/mol. The quantitative estimate of drug-likeness (QED) is 0.283. The van der Waals surface area contributed by atoms with Crippen LogP contribution in [-0.2, 0) is 23.9 Å². The fourth-order valence-corrected chi connectivity index (χ4v) is 3.18. The van der Waals surface area contributed by atoms with Crippen molar-refractivity contribution in [2.75, 3.05) is 6.54 Å². The summed E-state index contributed by atoms with van der Waals surface area (Å²) in [7, 11) is 0. The number of aliphatic carboxylic acids is 2. The Balaban J connectivity index is 0.00000249. The maximum atomic E-state index is 13.0. The highest BCUT2D eigenvalue weighted by Crippen LogP contribution is 2.24. The second-order valence-electron chi connectivity index (χ2n) is 10.7. The van der Waals surface area contributed by atoms with Crippen LogP contribution in [0.3, 0.4) is 0 Å². The number of carbonyl (C=O) groups excluding carboxylic acids is 3. The number of alkyl halides is 3. The zero-order valence-electron chi connectivity index (χ0n) is 22.3. The molecule has 0 aromatic rings. The van der Waals surface area contributed by atoms with Gasteiger partial charge in [-0.05, 0) is 60.8 Å². The second kappa shape index (κ2) is 14.2. The van der Waals surface area contributed by atoms with Gasteiger partial charge in [-0.3, -0.25) is 14.4 Å². The van der Waals surface area contributed by atoms with Crippen LogP contribution < -0.4 is 10.6 Å². The highest BCUT2D eigenvalue weighted by Gasteiger charge is 2.41. The van der Waals surface area contributed by atoms with Gasteiger partial charge in [0.05, 0.1) is 12.0 Å².